The zero-order valence-electron chi connectivity index (χ0n) is 9.34. The Balaban J connectivity index is 4.05. The summed E-state index contributed by atoms with van der Waals surface area (Å²) in [4.78, 5) is 0. The molecule has 0 heterocycles. The minimum Gasteiger partial charge on any atom is -0.189 e. The number of nitrogens with zero attached hydrogens (tertiary/aromatic N) is 2. The molecule has 78 valence electrons. The van der Waals surface area contributed by atoms with Crippen LogP contribution < -0.4 is 0 Å². The molecule has 0 radical (unpaired) electrons. The molecule has 0 aliphatic rings. The van der Waals surface area contributed by atoms with Gasteiger partial charge in [0.1, 0.15) is 0 Å². The molecule has 1 atom stereocenters. The molecule has 13 heavy (non-hydrogen) atoms. The predicted molar refractivity (Wildman–Crippen MR) is 58.6 cm³/mol. The first-order valence-electron chi connectivity index (χ1n) is 4.83. The quantitative estimate of drug-likeness (QED) is 0.491. The number of halogens is 1. The van der Waals surface area contributed by atoms with E-state index in [0.29, 0.717) is 11.8 Å². The fraction of sp³-hybridized carbons (Fsp3) is 1.00. The Bertz CT molecular complexity index is 159. The SMILES string of the molecule is CC(C)CC(CCl)N=NC(C)(C)C. The van der Waals surface area contributed by atoms with Gasteiger partial charge in [0, 0.05) is 5.88 Å². The maximum absolute atomic E-state index is 5.79. The lowest BCUT2D eigenvalue weighted by molar-refractivity contribution is 0.468. The molecule has 0 fully saturated rings. The molecule has 0 aliphatic heterocycles. The van der Waals surface area contributed by atoms with Gasteiger partial charge in [-0.2, -0.15) is 10.2 Å². The van der Waals surface area contributed by atoms with Crippen molar-refractivity contribution in [3.63, 3.8) is 0 Å². The average Bonchev–Trinajstić information content (AvgIpc) is 1.95. The highest BCUT2D eigenvalue weighted by atomic mass is 35.5. The molecule has 0 N–H and O–H groups in total. The maximum atomic E-state index is 5.79. The van der Waals surface area contributed by atoms with E-state index >= 15 is 0 Å². The van der Waals surface area contributed by atoms with Gasteiger partial charge in [-0.25, -0.2) is 0 Å². The number of rotatable bonds is 4. The molecule has 0 saturated heterocycles. The minimum atomic E-state index is -0.0821. The van der Waals surface area contributed by atoms with Crippen LogP contribution in [0.15, 0.2) is 10.2 Å². The molecule has 0 aromatic carbocycles. The van der Waals surface area contributed by atoms with Crippen LogP contribution in [0.25, 0.3) is 0 Å². The van der Waals surface area contributed by atoms with Gasteiger partial charge in [-0.3, -0.25) is 0 Å². The van der Waals surface area contributed by atoms with Crippen molar-refractivity contribution >= 4 is 11.6 Å². The lowest BCUT2D eigenvalue weighted by Crippen LogP contribution is -2.14. The summed E-state index contributed by atoms with van der Waals surface area (Å²) < 4.78 is 0. The fourth-order valence-electron chi connectivity index (χ4n) is 0.940. The number of hydrogen-bond acceptors (Lipinski definition) is 2. The lowest BCUT2D eigenvalue weighted by Gasteiger charge is -2.14. The summed E-state index contributed by atoms with van der Waals surface area (Å²) in [6, 6.07) is 0.181. The highest BCUT2D eigenvalue weighted by molar-refractivity contribution is 6.18. The van der Waals surface area contributed by atoms with Crippen molar-refractivity contribution in [2.45, 2.75) is 52.6 Å². The Morgan fingerprint density at radius 3 is 2.08 bits per heavy atom. The van der Waals surface area contributed by atoms with E-state index in [1.807, 2.05) is 20.8 Å². The van der Waals surface area contributed by atoms with Crippen LogP contribution in [0.4, 0.5) is 0 Å². The molecule has 0 aliphatic carbocycles. The van der Waals surface area contributed by atoms with Crippen LogP contribution in [0.5, 0.6) is 0 Å². The van der Waals surface area contributed by atoms with Crippen LogP contribution in [0.2, 0.25) is 0 Å². The summed E-state index contributed by atoms with van der Waals surface area (Å²) in [7, 11) is 0. The Hall–Kier alpha value is -0.110. The molecule has 0 rings (SSSR count). The summed E-state index contributed by atoms with van der Waals surface area (Å²) in [5.41, 5.74) is -0.0821. The van der Waals surface area contributed by atoms with Crippen LogP contribution in [0.3, 0.4) is 0 Å². The Morgan fingerprint density at radius 2 is 1.77 bits per heavy atom. The van der Waals surface area contributed by atoms with E-state index in [1.165, 1.54) is 0 Å². The van der Waals surface area contributed by atoms with Gasteiger partial charge in [0.15, 0.2) is 0 Å². The topological polar surface area (TPSA) is 24.7 Å². The van der Waals surface area contributed by atoms with Gasteiger partial charge < -0.3 is 0 Å². The van der Waals surface area contributed by atoms with E-state index in [2.05, 4.69) is 24.1 Å². The second kappa shape index (κ2) is 5.58. The first-order valence-corrected chi connectivity index (χ1v) is 5.36. The number of azo groups is 1. The molecule has 0 spiro atoms. The van der Waals surface area contributed by atoms with E-state index in [0.717, 1.165) is 6.42 Å². The summed E-state index contributed by atoms with van der Waals surface area (Å²) in [6.07, 6.45) is 1.02. The lowest BCUT2D eigenvalue weighted by atomic mass is 10.1. The van der Waals surface area contributed by atoms with Gasteiger partial charge >= 0.3 is 0 Å². The third-order valence-corrected chi connectivity index (χ3v) is 1.80. The van der Waals surface area contributed by atoms with Crippen LogP contribution in [-0.4, -0.2) is 17.5 Å². The van der Waals surface area contributed by atoms with Crippen LogP contribution >= 0.6 is 11.6 Å². The molecule has 1 unspecified atom stereocenters. The highest BCUT2D eigenvalue weighted by Gasteiger charge is 2.11. The molecule has 0 bridgehead atoms. The van der Waals surface area contributed by atoms with Crippen LogP contribution in [0.1, 0.15) is 41.0 Å². The van der Waals surface area contributed by atoms with Crippen molar-refractivity contribution < 1.29 is 0 Å². The largest absolute Gasteiger partial charge is 0.189 e. The van der Waals surface area contributed by atoms with Crippen molar-refractivity contribution in [1.29, 1.82) is 0 Å². The summed E-state index contributed by atoms with van der Waals surface area (Å²) >= 11 is 5.79. The smallest absolute Gasteiger partial charge is 0.0845 e. The van der Waals surface area contributed by atoms with Gasteiger partial charge in [0.25, 0.3) is 0 Å². The molecule has 0 aromatic heterocycles. The summed E-state index contributed by atoms with van der Waals surface area (Å²) in [6.45, 7) is 10.5. The second-order valence-electron chi connectivity index (χ2n) is 4.82. The van der Waals surface area contributed by atoms with Gasteiger partial charge in [-0.05, 0) is 33.1 Å². The third kappa shape index (κ3) is 8.23. The van der Waals surface area contributed by atoms with E-state index in [1.54, 1.807) is 0 Å². The molecule has 0 aromatic rings. The molecular formula is C10H21ClN2. The molecule has 0 amide bonds. The van der Waals surface area contributed by atoms with E-state index in [9.17, 15) is 0 Å². The minimum absolute atomic E-state index is 0.0821. The second-order valence-corrected chi connectivity index (χ2v) is 5.13. The Morgan fingerprint density at radius 1 is 1.23 bits per heavy atom. The van der Waals surface area contributed by atoms with Crippen molar-refractivity contribution in [3.8, 4) is 0 Å². The standard InChI is InChI=1S/C10H21ClN2/c1-8(2)6-9(7-11)12-13-10(3,4)5/h8-9H,6-7H2,1-5H3. The molecular weight excluding hydrogens is 184 g/mol. The van der Waals surface area contributed by atoms with Crippen molar-refractivity contribution in [1.82, 2.24) is 0 Å². The predicted octanol–water partition coefficient (Wildman–Crippen LogP) is 3.89. The average molecular weight is 205 g/mol. The first-order chi connectivity index (χ1) is 5.85. The number of alkyl halides is 1. The maximum Gasteiger partial charge on any atom is 0.0845 e. The van der Waals surface area contributed by atoms with E-state index in [-0.39, 0.29) is 11.6 Å². The van der Waals surface area contributed by atoms with Crippen molar-refractivity contribution in [2.75, 3.05) is 5.88 Å². The Kier molecular flexibility index (Phi) is 5.54. The normalized spacial score (nSPS) is 15.6. The zero-order valence-corrected chi connectivity index (χ0v) is 10.1. The van der Waals surface area contributed by atoms with E-state index < -0.39 is 0 Å². The van der Waals surface area contributed by atoms with Gasteiger partial charge in [-0.15, -0.1) is 11.6 Å². The summed E-state index contributed by atoms with van der Waals surface area (Å²) in [5, 5.41) is 8.47. The molecule has 3 heteroatoms. The summed E-state index contributed by atoms with van der Waals surface area (Å²) in [5.74, 6) is 1.19. The monoisotopic (exact) mass is 204 g/mol. The third-order valence-electron chi connectivity index (χ3n) is 1.44. The molecule has 2 nitrogen and oxygen atoms in total. The van der Waals surface area contributed by atoms with Gasteiger partial charge in [-0.1, -0.05) is 13.8 Å². The van der Waals surface area contributed by atoms with Crippen LogP contribution in [-0.2, 0) is 0 Å². The zero-order chi connectivity index (χ0) is 10.5. The van der Waals surface area contributed by atoms with E-state index in [4.69, 9.17) is 11.6 Å². The van der Waals surface area contributed by atoms with Crippen LogP contribution in [0, 0.1) is 5.92 Å². The fourth-order valence-corrected chi connectivity index (χ4v) is 1.13. The van der Waals surface area contributed by atoms with Crippen molar-refractivity contribution in [2.24, 2.45) is 16.1 Å². The highest BCUT2D eigenvalue weighted by Crippen LogP contribution is 2.14. The Labute approximate surface area is 86.8 Å². The van der Waals surface area contributed by atoms with Crippen molar-refractivity contribution in [3.05, 3.63) is 0 Å². The van der Waals surface area contributed by atoms with Gasteiger partial charge in [0.05, 0.1) is 11.6 Å². The molecule has 0 saturated carbocycles. The number of hydrogen-bond donors (Lipinski definition) is 0. The van der Waals surface area contributed by atoms with Gasteiger partial charge in [0.2, 0.25) is 0 Å². The first kappa shape index (κ1) is 12.9.